The number of hydrogen-bond acceptors (Lipinski definition) is 6. The molecule has 7 nitrogen and oxygen atoms in total. The molecule has 7 heteroatoms. The highest BCUT2D eigenvalue weighted by Gasteiger charge is 2.14. The average molecular weight is 380 g/mol. The van der Waals surface area contributed by atoms with Crippen LogP contribution in [0.4, 0.5) is 11.6 Å². The number of rotatable bonds is 6. The van der Waals surface area contributed by atoms with Gasteiger partial charge >= 0.3 is 0 Å². The lowest BCUT2D eigenvalue weighted by Crippen LogP contribution is -2.12. The van der Waals surface area contributed by atoms with Gasteiger partial charge < -0.3 is 20.5 Å². The fourth-order valence-electron chi connectivity index (χ4n) is 3.01. The molecule has 0 aliphatic carbocycles. The van der Waals surface area contributed by atoms with Crippen molar-refractivity contribution in [1.82, 2.24) is 9.97 Å². The second-order valence-electron chi connectivity index (χ2n) is 6.82. The molecule has 28 heavy (non-hydrogen) atoms. The van der Waals surface area contributed by atoms with E-state index in [1.807, 2.05) is 32.0 Å². The standard InChI is InChI=1S/C21H24N4O3/c1-12(2)23-21-22-10-15-7-18(20(28-4)9-19(15)25-21)17-8-16(24-13(3)27)6-5-14(17)11-26/h5-10,12,26H,11H2,1-4H3,(H,24,27)(H,22,23,25). The Labute approximate surface area is 163 Å². The first kappa shape index (κ1) is 19.6. The van der Waals surface area contributed by atoms with Gasteiger partial charge in [0.25, 0.3) is 0 Å². The van der Waals surface area contributed by atoms with Gasteiger partial charge in [-0.15, -0.1) is 0 Å². The largest absolute Gasteiger partial charge is 0.496 e. The molecule has 0 atom stereocenters. The lowest BCUT2D eigenvalue weighted by molar-refractivity contribution is -0.114. The van der Waals surface area contributed by atoms with Crippen LogP contribution in [0, 0.1) is 0 Å². The topological polar surface area (TPSA) is 96.4 Å². The number of nitrogens with zero attached hydrogens (tertiary/aromatic N) is 2. The molecule has 0 saturated carbocycles. The summed E-state index contributed by atoms with van der Waals surface area (Å²) in [6.07, 6.45) is 1.76. The van der Waals surface area contributed by atoms with Gasteiger partial charge in [0.05, 0.1) is 19.2 Å². The van der Waals surface area contributed by atoms with Gasteiger partial charge in [-0.05, 0) is 43.2 Å². The number of nitrogens with one attached hydrogen (secondary N) is 2. The van der Waals surface area contributed by atoms with Crippen molar-refractivity contribution >= 4 is 28.4 Å². The van der Waals surface area contributed by atoms with Crippen molar-refractivity contribution in [3.8, 4) is 16.9 Å². The van der Waals surface area contributed by atoms with Crippen molar-refractivity contribution in [2.75, 3.05) is 17.7 Å². The number of aliphatic hydroxyl groups is 1. The van der Waals surface area contributed by atoms with Gasteiger partial charge in [-0.1, -0.05) is 6.07 Å². The molecule has 0 aliphatic rings. The van der Waals surface area contributed by atoms with Crippen LogP contribution in [0.15, 0.2) is 36.5 Å². The number of carbonyl (C=O) groups is 1. The molecule has 0 saturated heterocycles. The van der Waals surface area contributed by atoms with Crippen LogP contribution in [0.2, 0.25) is 0 Å². The van der Waals surface area contributed by atoms with E-state index in [-0.39, 0.29) is 18.6 Å². The van der Waals surface area contributed by atoms with E-state index < -0.39 is 0 Å². The minimum atomic E-state index is -0.160. The van der Waals surface area contributed by atoms with Crippen molar-refractivity contribution in [3.05, 3.63) is 42.1 Å². The van der Waals surface area contributed by atoms with Crippen LogP contribution in [0.3, 0.4) is 0 Å². The molecule has 2 aromatic carbocycles. The van der Waals surface area contributed by atoms with E-state index in [2.05, 4.69) is 20.6 Å². The molecule has 146 valence electrons. The maximum absolute atomic E-state index is 11.4. The van der Waals surface area contributed by atoms with Crippen molar-refractivity contribution < 1.29 is 14.6 Å². The molecule has 0 unspecified atom stereocenters. The second-order valence-corrected chi connectivity index (χ2v) is 6.82. The highest BCUT2D eigenvalue weighted by Crippen LogP contribution is 2.37. The third-order valence-electron chi connectivity index (χ3n) is 4.21. The Hall–Kier alpha value is -3.19. The number of hydrogen-bond donors (Lipinski definition) is 3. The predicted octanol–water partition coefficient (Wildman–Crippen LogP) is 3.58. The maximum Gasteiger partial charge on any atom is 0.223 e. The quantitative estimate of drug-likeness (QED) is 0.605. The first-order chi connectivity index (χ1) is 13.4. The van der Waals surface area contributed by atoms with Crippen LogP contribution >= 0.6 is 0 Å². The number of fused-ring (bicyclic) bond motifs is 1. The fourth-order valence-corrected chi connectivity index (χ4v) is 3.01. The molecule has 0 radical (unpaired) electrons. The zero-order valence-corrected chi connectivity index (χ0v) is 16.4. The summed E-state index contributed by atoms with van der Waals surface area (Å²) in [6, 6.07) is 9.38. The Kier molecular flexibility index (Phi) is 5.75. The molecule has 0 fully saturated rings. The van der Waals surface area contributed by atoms with E-state index in [4.69, 9.17) is 4.74 Å². The van der Waals surface area contributed by atoms with E-state index in [0.29, 0.717) is 17.4 Å². The summed E-state index contributed by atoms with van der Waals surface area (Å²) in [5.74, 6) is 1.02. The zero-order chi connectivity index (χ0) is 20.3. The summed E-state index contributed by atoms with van der Waals surface area (Å²) < 4.78 is 5.60. The molecule has 0 bridgehead atoms. The average Bonchev–Trinajstić information content (AvgIpc) is 2.65. The third-order valence-corrected chi connectivity index (χ3v) is 4.21. The fraction of sp³-hybridized carbons (Fsp3) is 0.286. The molecule has 1 heterocycles. The lowest BCUT2D eigenvalue weighted by atomic mass is 9.97. The minimum absolute atomic E-state index is 0.134. The smallest absolute Gasteiger partial charge is 0.223 e. The van der Waals surface area contributed by atoms with Crippen LogP contribution in [0.25, 0.3) is 22.0 Å². The Balaban J connectivity index is 2.15. The number of anilines is 2. The summed E-state index contributed by atoms with van der Waals surface area (Å²) >= 11 is 0. The monoisotopic (exact) mass is 380 g/mol. The molecule has 3 aromatic rings. The highest BCUT2D eigenvalue weighted by molar-refractivity contribution is 5.92. The summed E-state index contributed by atoms with van der Waals surface area (Å²) in [4.78, 5) is 20.3. The second kappa shape index (κ2) is 8.22. The van der Waals surface area contributed by atoms with Crippen LogP contribution in [-0.2, 0) is 11.4 Å². The number of ether oxygens (including phenoxy) is 1. The summed E-state index contributed by atoms with van der Waals surface area (Å²) in [5.41, 5.74) is 3.69. The van der Waals surface area contributed by atoms with Crippen molar-refractivity contribution in [1.29, 1.82) is 0 Å². The normalized spacial score (nSPS) is 10.9. The SMILES string of the molecule is COc1cc2nc(NC(C)C)ncc2cc1-c1cc(NC(C)=O)ccc1CO. The first-order valence-electron chi connectivity index (χ1n) is 9.04. The Morgan fingerprint density at radius 1 is 1.21 bits per heavy atom. The van der Waals surface area contributed by atoms with Gasteiger partial charge in [0, 0.05) is 41.9 Å². The maximum atomic E-state index is 11.4. The van der Waals surface area contributed by atoms with E-state index in [1.54, 1.807) is 25.4 Å². The number of aromatic nitrogens is 2. The molecular weight excluding hydrogens is 356 g/mol. The predicted molar refractivity (Wildman–Crippen MR) is 111 cm³/mol. The first-order valence-corrected chi connectivity index (χ1v) is 9.04. The van der Waals surface area contributed by atoms with E-state index >= 15 is 0 Å². The summed E-state index contributed by atoms with van der Waals surface area (Å²) in [6.45, 7) is 5.37. The zero-order valence-electron chi connectivity index (χ0n) is 16.4. The van der Waals surface area contributed by atoms with E-state index in [0.717, 1.165) is 27.6 Å². The number of benzene rings is 2. The molecule has 3 rings (SSSR count). The molecule has 0 spiro atoms. The van der Waals surface area contributed by atoms with Gasteiger partial charge in [-0.2, -0.15) is 0 Å². The number of carbonyl (C=O) groups excluding carboxylic acids is 1. The van der Waals surface area contributed by atoms with E-state index in [1.165, 1.54) is 6.92 Å². The van der Waals surface area contributed by atoms with Crippen LogP contribution in [-0.4, -0.2) is 34.1 Å². The lowest BCUT2D eigenvalue weighted by Gasteiger charge is -2.15. The van der Waals surface area contributed by atoms with Gasteiger partial charge in [0.1, 0.15) is 5.75 Å². The van der Waals surface area contributed by atoms with Crippen LogP contribution in [0.1, 0.15) is 26.3 Å². The van der Waals surface area contributed by atoms with Crippen molar-refractivity contribution in [3.63, 3.8) is 0 Å². The van der Waals surface area contributed by atoms with Crippen molar-refractivity contribution in [2.24, 2.45) is 0 Å². The molecule has 3 N–H and O–H groups in total. The highest BCUT2D eigenvalue weighted by atomic mass is 16.5. The van der Waals surface area contributed by atoms with Gasteiger partial charge in [0.15, 0.2) is 0 Å². The van der Waals surface area contributed by atoms with Gasteiger partial charge in [-0.25, -0.2) is 9.97 Å². The Morgan fingerprint density at radius 3 is 2.64 bits per heavy atom. The molecule has 1 aromatic heterocycles. The number of aliphatic hydroxyl groups excluding tert-OH is 1. The van der Waals surface area contributed by atoms with E-state index in [9.17, 15) is 9.90 Å². The Morgan fingerprint density at radius 2 is 2.00 bits per heavy atom. The summed E-state index contributed by atoms with van der Waals surface area (Å²) in [7, 11) is 1.59. The van der Waals surface area contributed by atoms with Gasteiger partial charge in [-0.3, -0.25) is 4.79 Å². The number of amides is 1. The van der Waals surface area contributed by atoms with Crippen LogP contribution < -0.4 is 15.4 Å². The molecule has 0 aliphatic heterocycles. The summed E-state index contributed by atoms with van der Waals surface area (Å²) in [5, 5.41) is 16.6. The van der Waals surface area contributed by atoms with Crippen LogP contribution in [0.5, 0.6) is 5.75 Å². The van der Waals surface area contributed by atoms with Gasteiger partial charge in [0.2, 0.25) is 11.9 Å². The minimum Gasteiger partial charge on any atom is -0.496 e. The molecule has 1 amide bonds. The third kappa shape index (κ3) is 4.20. The van der Waals surface area contributed by atoms with Crippen molar-refractivity contribution in [2.45, 2.75) is 33.4 Å². The Bertz CT molecular complexity index is 1020. The molecular formula is C21H24N4O3. The number of methoxy groups -OCH3 is 1.